The van der Waals surface area contributed by atoms with Crippen LogP contribution in [0.4, 0.5) is 15.9 Å². The van der Waals surface area contributed by atoms with Crippen LogP contribution in [0.2, 0.25) is 5.02 Å². The lowest BCUT2D eigenvalue weighted by Crippen LogP contribution is -2.54. The molecule has 2 aliphatic carbocycles. The topological polar surface area (TPSA) is 181 Å². The van der Waals surface area contributed by atoms with Gasteiger partial charge in [-0.2, -0.15) is 5.26 Å². The average molecular weight is 824 g/mol. The number of nitrogens with zero attached hydrogens (tertiary/aromatic N) is 7. The predicted molar refractivity (Wildman–Crippen MR) is 211 cm³/mol. The first-order valence-electron chi connectivity index (χ1n) is 20.3. The number of halogens is 2. The van der Waals surface area contributed by atoms with Crippen molar-refractivity contribution in [3.05, 3.63) is 75.7 Å². The van der Waals surface area contributed by atoms with E-state index in [1.807, 2.05) is 17.0 Å². The van der Waals surface area contributed by atoms with E-state index in [0.717, 1.165) is 68.6 Å². The first kappa shape index (κ1) is 38.8. The summed E-state index contributed by atoms with van der Waals surface area (Å²) in [5, 5.41) is 23.4. The summed E-state index contributed by atoms with van der Waals surface area (Å²) in [4.78, 5) is 71.1. The smallest absolute Gasteiger partial charge is 0.272 e. The highest BCUT2D eigenvalue weighted by molar-refractivity contribution is 6.31. The van der Waals surface area contributed by atoms with Crippen LogP contribution in [-0.2, 0) is 9.59 Å². The van der Waals surface area contributed by atoms with Gasteiger partial charge in [-0.15, -0.1) is 10.2 Å². The second-order valence-electron chi connectivity index (χ2n) is 16.6. The molecule has 4 aliphatic heterocycles. The van der Waals surface area contributed by atoms with Crippen molar-refractivity contribution in [2.75, 3.05) is 49.1 Å². The van der Waals surface area contributed by atoms with Crippen LogP contribution in [0.25, 0.3) is 0 Å². The Morgan fingerprint density at radius 3 is 2.36 bits per heavy atom. The maximum atomic E-state index is 15.5. The summed E-state index contributed by atoms with van der Waals surface area (Å²) in [6.07, 6.45) is 3.14. The summed E-state index contributed by atoms with van der Waals surface area (Å²) < 4.78 is 21.6. The normalized spacial score (nSPS) is 27.9. The highest BCUT2D eigenvalue weighted by atomic mass is 35.5. The lowest BCUT2D eigenvalue weighted by molar-refractivity contribution is -0.136. The number of carbonyl (C=O) groups is 5. The van der Waals surface area contributed by atoms with Crippen molar-refractivity contribution in [2.24, 2.45) is 17.8 Å². The highest BCUT2D eigenvalue weighted by Gasteiger charge is 2.57. The van der Waals surface area contributed by atoms with Crippen LogP contribution in [0.15, 0.2) is 42.5 Å². The molecule has 5 fully saturated rings. The minimum atomic E-state index is -1.10. The van der Waals surface area contributed by atoms with Gasteiger partial charge in [-0.25, -0.2) is 4.39 Å². The molecular weight excluding hydrogens is 781 g/mol. The summed E-state index contributed by atoms with van der Waals surface area (Å²) in [7, 11) is 0. The van der Waals surface area contributed by atoms with Crippen molar-refractivity contribution in [3.8, 4) is 11.8 Å². The van der Waals surface area contributed by atoms with Crippen LogP contribution in [0.5, 0.6) is 5.75 Å². The molecule has 59 heavy (non-hydrogen) atoms. The number of rotatable bonds is 9. The van der Waals surface area contributed by atoms with E-state index in [2.05, 4.69) is 37.6 Å². The van der Waals surface area contributed by atoms with E-state index in [1.165, 1.54) is 6.07 Å². The maximum Gasteiger partial charge on any atom is 0.272 e. The molecule has 6 aliphatic rings. The molecule has 5 amide bonds. The Hall–Kier alpha value is -5.66. The molecule has 0 radical (unpaired) electrons. The number of anilines is 2. The first-order chi connectivity index (χ1) is 28.4. The van der Waals surface area contributed by atoms with Crippen molar-refractivity contribution >= 4 is 52.6 Å². The van der Waals surface area contributed by atoms with Gasteiger partial charge in [-0.3, -0.25) is 39.1 Å². The highest BCUT2D eigenvalue weighted by Crippen LogP contribution is 2.53. The molecule has 3 saturated heterocycles. The lowest BCUT2D eigenvalue weighted by atomic mass is 9.93. The van der Waals surface area contributed by atoms with Crippen LogP contribution in [0.1, 0.15) is 82.2 Å². The molecule has 2 aromatic carbocycles. The van der Waals surface area contributed by atoms with Crippen LogP contribution < -0.4 is 25.2 Å². The van der Waals surface area contributed by atoms with Crippen LogP contribution in [0.3, 0.4) is 0 Å². The number of piperazine rings is 1. The first-order valence-corrected chi connectivity index (χ1v) is 20.6. The van der Waals surface area contributed by atoms with E-state index < -0.39 is 35.5 Å². The second kappa shape index (κ2) is 15.5. The molecule has 0 bridgehead atoms. The minimum absolute atomic E-state index is 0.00323. The quantitative estimate of drug-likeness (QED) is 0.300. The molecule has 9 rings (SSSR count). The van der Waals surface area contributed by atoms with Gasteiger partial charge in [0.25, 0.3) is 17.7 Å². The lowest BCUT2D eigenvalue weighted by Gasteiger charge is -2.40. The van der Waals surface area contributed by atoms with E-state index in [1.54, 1.807) is 24.3 Å². The van der Waals surface area contributed by atoms with Crippen LogP contribution in [-0.4, -0.2) is 113 Å². The van der Waals surface area contributed by atoms with Crippen molar-refractivity contribution in [1.82, 2.24) is 30.6 Å². The predicted octanol–water partition coefficient (Wildman–Crippen LogP) is 3.55. The van der Waals surface area contributed by atoms with Gasteiger partial charge in [0, 0.05) is 63.8 Å². The molecule has 5 atom stereocenters. The third-order valence-corrected chi connectivity index (χ3v) is 13.3. The zero-order valence-electron chi connectivity index (χ0n) is 32.4. The Morgan fingerprint density at radius 1 is 0.949 bits per heavy atom. The van der Waals surface area contributed by atoms with Gasteiger partial charge < -0.3 is 19.9 Å². The van der Waals surface area contributed by atoms with Crippen molar-refractivity contribution in [1.29, 1.82) is 5.26 Å². The number of amides is 5. The molecule has 306 valence electrons. The summed E-state index contributed by atoms with van der Waals surface area (Å²) in [5.74, 6) is -0.724. The summed E-state index contributed by atoms with van der Waals surface area (Å²) in [5.41, 5.74) is 0.984. The van der Waals surface area contributed by atoms with E-state index in [4.69, 9.17) is 21.6 Å². The zero-order valence-corrected chi connectivity index (χ0v) is 33.2. The number of ether oxygens (including phenoxy) is 1. The summed E-state index contributed by atoms with van der Waals surface area (Å²) in [6.45, 7) is 6.80. The van der Waals surface area contributed by atoms with Gasteiger partial charge in [-0.05, 0) is 93.2 Å². The SMILES string of the molecule is C[C@H]1CN(c2ccc(C(=O)NC3CCC(Oc4ccc(C#N)c(Cl)c4)CC3)nn2)CCN1CC1C2CN(c3cc4c(cc3F)C(=O)N(C3CCC(=O)NC3=O)C4=O)C[C@@H]21. The van der Waals surface area contributed by atoms with E-state index >= 15 is 4.39 Å². The van der Waals surface area contributed by atoms with Gasteiger partial charge in [0.2, 0.25) is 11.8 Å². The second-order valence-corrected chi connectivity index (χ2v) is 17.0. The number of hydrogen-bond donors (Lipinski definition) is 2. The number of aromatic nitrogens is 2. The summed E-state index contributed by atoms with van der Waals surface area (Å²) in [6, 6.07) is 12.4. The Kier molecular flexibility index (Phi) is 10.2. The standard InChI is InChI=1S/C42H43ClFN9O6/c1-22-18-51(37-10-8-34(48-49-37)39(55)46-24-3-6-25(7-4-24)59-26-5-2-23(17-45)32(43)14-26)13-12-50(22)19-29-30-20-52(21-31(29)30)36-16-28-27(15-33(36)44)41(57)53(42(28)58)35-9-11-38(54)47-40(35)56/h2,5,8,10,14-16,22,24-25,29-31,35H,3-4,6-7,9,11-13,18-21H2,1H3,(H,46,55)(H,47,54,56)/t22-,24?,25?,29?,30+,31?,35?/m0/s1. The van der Waals surface area contributed by atoms with Gasteiger partial charge in [0.05, 0.1) is 33.5 Å². The number of nitrogens with one attached hydrogen (secondary N) is 2. The molecule has 2 N–H and O–H groups in total. The zero-order chi connectivity index (χ0) is 41.1. The largest absolute Gasteiger partial charge is 0.490 e. The number of nitriles is 1. The molecule has 17 heteroatoms. The number of piperidine rings is 2. The molecule has 2 saturated carbocycles. The van der Waals surface area contributed by atoms with Crippen molar-refractivity contribution in [3.63, 3.8) is 0 Å². The summed E-state index contributed by atoms with van der Waals surface area (Å²) >= 11 is 6.14. The number of fused-ring (bicyclic) bond motifs is 2. The Balaban J connectivity index is 0.725. The van der Waals surface area contributed by atoms with Gasteiger partial charge in [0.15, 0.2) is 11.5 Å². The Labute approximate surface area is 344 Å². The number of benzene rings is 2. The number of imide groups is 2. The molecule has 0 spiro atoms. The number of hydrogen-bond acceptors (Lipinski definition) is 12. The fourth-order valence-electron chi connectivity index (χ4n) is 9.64. The fraction of sp³-hybridized carbons (Fsp3) is 0.476. The average Bonchev–Trinajstić information content (AvgIpc) is 3.53. The van der Waals surface area contributed by atoms with Crippen molar-refractivity contribution in [2.45, 2.75) is 69.7 Å². The molecule has 3 aromatic rings. The molecule has 3 unspecified atom stereocenters. The van der Waals surface area contributed by atoms with E-state index in [9.17, 15) is 24.0 Å². The fourth-order valence-corrected chi connectivity index (χ4v) is 9.85. The van der Waals surface area contributed by atoms with Crippen LogP contribution in [0, 0.1) is 34.9 Å². The number of carbonyl (C=O) groups excluding carboxylic acids is 5. The molecule has 1 aromatic heterocycles. The third kappa shape index (κ3) is 7.46. The van der Waals surface area contributed by atoms with Gasteiger partial charge in [0.1, 0.15) is 23.7 Å². The minimum Gasteiger partial charge on any atom is -0.490 e. The van der Waals surface area contributed by atoms with Crippen LogP contribution >= 0.6 is 11.6 Å². The molecule has 5 heterocycles. The molecular formula is C42H43ClFN9O6. The van der Waals surface area contributed by atoms with Gasteiger partial charge in [-0.1, -0.05) is 11.6 Å². The Bertz CT molecular complexity index is 2270. The van der Waals surface area contributed by atoms with E-state index in [-0.39, 0.29) is 59.4 Å². The maximum absolute atomic E-state index is 15.5. The monoisotopic (exact) mass is 823 g/mol. The van der Waals surface area contributed by atoms with Crippen molar-refractivity contribution < 1.29 is 33.1 Å². The Morgan fingerprint density at radius 2 is 1.69 bits per heavy atom. The van der Waals surface area contributed by atoms with E-state index in [0.29, 0.717) is 47.2 Å². The third-order valence-electron chi connectivity index (χ3n) is 13.0. The van der Waals surface area contributed by atoms with Gasteiger partial charge >= 0.3 is 0 Å². The molecule has 15 nitrogen and oxygen atoms in total.